The molecule has 1 fully saturated rings. The number of ether oxygens (including phenoxy) is 2. The molecule has 0 heterocycles. The minimum atomic E-state index is -0.0474. The van der Waals surface area contributed by atoms with Gasteiger partial charge in [0.05, 0.1) is 14.2 Å². The summed E-state index contributed by atoms with van der Waals surface area (Å²) < 4.78 is 10.5. The fourth-order valence-electron chi connectivity index (χ4n) is 3.14. The predicted octanol–water partition coefficient (Wildman–Crippen LogP) is 3.66. The van der Waals surface area contributed by atoms with Gasteiger partial charge in [-0.1, -0.05) is 26.7 Å². The molecule has 4 nitrogen and oxygen atoms in total. The number of nitrogens with one attached hydrogen (secondary N) is 1. The number of rotatable bonds is 5. The molecule has 126 valence electrons. The summed E-state index contributed by atoms with van der Waals surface area (Å²) in [4.78, 5) is 12.2. The second-order valence-electron chi connectivity index (χ2n) is 6.32. The van der Waals surface area contributed by atoms with Crippen LogP contribution in [0.3, 0.4) is 0 Å². The highest BCUT2D eigenvalue weighted by atomic mass is 16.5. The van der Waals surface area contributed by atoms with Crippen molar-refractivity contribution in [3.8, 4) is 11.5 Å². The predicted molar refractivity (Wildman–Crippen MR) is 92.7 cm³/mol. The monoisotopic (exact) mass is 317 g/mol. The smallest absolute Gasteiger partial charge is 0.244 e. The molecular formula is C19H27NO3. The van der Waals surface area contributed by atoms with Gasteiger partial charge in [-0.15, -0.1) is 0 Å². The van der Waals surface area contributed by atoms with Gasteiger partial charge in [0, 0.05) is 23.7 Å². The van der Waals surface area contributed by atoms with Crippen LogP contribution >= 0.6 is 0 Å². The van der Waals surface area contributed by atoms with Crippen molar-refractivity contribution in [3.63, 3.8) is 0 Å². The summed E-state index contributed by atoms with van der Waals surface area (Å²) in [6, 6.07) is 5.81. The van der Waals surface area contributed by atoms with Gasteiger partial charge in [0.15, 0.2) is 0 Å². The number of hydrogen-bond donors (Lipinski definition) is 1. The molecule has 0 radical (unpaired) electrons. The molecule has 0 spiro atoms. The Labute approximate surface area is 138 Å². The van der Waals surface area contributed by atoms with Gasteiger partial charge in [-0.3, -0.25) is 4.79 Å². The van der Waals surface area contributed by atoms with E-state index in [1.54, 1.807) is 26.4 Å². The average molecular weight is 317 g/mol. The molecule has 0 bridgehead atoms. The Bertz CT molecular complexity index is 568. The van der Waals surface area contributed by atoms with Gasteiger partial charge >= 0.3 is 0 Å². The minimum absolute atomic E-state index is 0.0474. The Balaban J connectivity index is 2.01. The number of hydrogen-bond acceptors (Lipinski definition) is 3. The maximum absolute atomic E-state index is 12.2. The zero-order valence-corrected chi connectivity index (χ0v) is 14.5. The maximum atomic E-state index is 12.2. The first-order valence-corrected chi connectivity index (χ1v) is 8.25. The van der Waals surface area contributed by atoms with E-state index < -0.39 is 0 Å². The maximum Gasteiger partial charge on any atom is 0.244 e. The van der Waals surface area contributed by atoms with Crippen molar-refractivity contribution in [1.29, 1.82) is 0 Å². The molecule has 0 saturated heterocycles. The summed E-state index contributed by atoms with van der Waals surface area (Å²) in [5.41, 5.74) is 0.855. The lowest BCUT2D eigenvalue weighted by Crippen LogP contribution is -2.43. The highest BCUT2D eigenvalue weighted by Crippen LogP contribution is 2.29. The molecule has 1 aromatic carbocycles. The molecule has 23 heavy (non-hydrogen) atoms. The van der Waals surface area contributed by atoms with E-state index in [1.165, 1.54) is 12.8 Å². The number of carbonyl (C=O) groups is 1. The molecule has 1 aliphatic rings. The molecule has 1 aliphatic carbocycles. The fourth-order valence-corrected chi connectivity index (χ4v) is 3.14. The lowest BCUT2D eigenvalue weighted by Gasteiger charge is -2.34. The third-order valence-electron chi connectivity index (χ3n) is 4.89. The number of carbonyl (C=O) groups excluding carboxylic acids is 1. The van der Waals surface area contributed by atoms with Gasteiger partial charge < -0.3 is 14.8 Å². The second kappa shape index (κ2) is 8.04. The van der Waals surface area contributed by atoms with Gasteiger partial charge in [-0.05, 0) is 36.5 Å². The molecule has 3 atom stereocenters. The first-order chi connectivity index (χ1) is 11.0. The Morgan fingerprint density at radius 2 is 2.00 bits per heavy atom. The van der Waals surface area contributed by atoms with Crippen molar-refractivity contribution < 1.29 is 14.3 Å². The van der Waals surface area contributed by atoms with Crippen molar-refractivity contribution in [1.82, 2.24) is 5.32 Å². The lowest BCUT2D eigenvalue weighted by atomic mass is 9.78. The summed E-state index contributed by atoms with van der Waals surface area (Å²) in [7, 11) is 3.22. The van der Waals surface area contributed by atoms with Crippen molar-refractivity contribution in [2.75, 3.05) is 14.2 Å². The van der Waals surface area contributed by atoms with E-state index >= 15 is 0 Å². The molecule has 0 aromatic heterocycles. The van der Waals surface area contributed by atoms with E-state index in [0.717, 1.165) is 17.7 Å². The Hall–Kier alpha value is -1.97. The van der Waals surface area contributed by atoms with E-state index in [0.29, 0.717) is 17.6 Å². The summed E-state index contributed by atoms with van der Waals surface area (Å²) in [6.07, 6.45) is 6.87. The fraction of sp³-hybridized carbons (Fsp3) is 0.526. The Morgan fingerprint density at radius 1 is 1.22 bits per heavy atom. The molecule has 4 heteroatoms. The van der Waals surface area contributed by atoms with Gasteiger partial charge in [0.1, 0.15) is 11.5 Å². The summed E-state index contributed by atoms with van der Waals surface area (Å²) in [5, 5.41) is 3.14. The third-order valence-corrected chi connectivity index (χ3v) is 4.89. The molecular weight excluding hydrogens is 290 g/mol. The Morgan fingerprint density at radius 3 is 2.70 bits per heavy atom. The van der Waals surface area contributed by atoms with Gasteiger partial charge in [-0.2, -0.15) is 0 Å². The van der Waals surface area contributed by atoms with Crippen LogP contribution in [-0.2, 0) is 4.79 Å². The van der Waals surface area contributed by atoms with Crippen molar-refractivity contribution in [2.24, 2.45) is 11.8 Å². The molecule has 2 rings (SSSR count). The van der Waals surface area contributed by atoms with Crippen molar-refractivity contribution in [3.05, 3.63) is 29.8 Å². The average Bonchev–Trinajstić information content (AvgIpc) is 2.57. The van der Waals surface area contributed by atoms with E-state index in [2.05, 4.69) is 19.2 Å². The van der Waals surface area contributed by atoms with Crippen LogP contribution in [0.15, 0.2) is 24.3 Å². The largest absolute Gasteiger partial charge is 0.497 e. The molecule has 0 aliphatic heterocycles. The minimum Gasteiger partial charge on any atom is -0.497 e. The molecule has 1 N–H and O–H groups in total. The van der Waals surface area contributed by atoms with E-state index in [9.17, 15) is 4.79 Å². The van der Waals surface area contributed by atoms with Crippen LogP contribution in [0.4, 0.5) is 0 Å². The summed E-state index contributed by atoms with van der Waals surface area (Å²) in [6.45, 7) is 4.49. The lowest BCUT2D eigenvalue weighted by molar-refractivity contribution is -0.117. The van der Waals surface area contributed by atoms with E-state index in [1.807, 2.05) is 18.2 Å². The number of benzene rings is 1. The van der Waals surface area contributed by atoms with Crippen LogP contribution in [0.1, 0.15) is 38.7 Å². The molecule has 1 saturated carbocycles. The standard InChI is InChI=1S/C19H27NO3/c1-13-6-5-7-17(14(13)2)20-19(21)11-9-15-8-10-16(22-3)12-18(15)23-4/h8-14,17H,5-7H2,1-4H3,(H,20,21)/b11-9+/t13-,14+,17-/m0/s1. The highest BCUT2D eigenvalue weighted by molar-refractivity contribution is 5.92. The van der Waals surface area contributed by atoms with Gasteiger partial charge in [-0.25, -0.2) is 0 Å². The van der Waals surface area contributed by atoms with Crippen LogP contribution in [0.2, 0.25) is 0 Å². The Kier molecular flexibility index (Phi) is 6.08. The molecule has 1 amide bonds. The summed E-state index contributed by atoms with van der Waals surface area (Å²) in [5.74, 6) is 2.56. The SMILES string of the molecule is COc1ccc(/C=C/C(=O)N[C@H]2CCC[C@H](C)[C@H]2C)c(OC)c1. The van der Waals surface area contributed by atoms with E-state index in [4.69, 9.17) is 9.47 Å². The zero-order chi connectivity index (χ0) is 16.8. The van der Waals surface area contributed by atoms with Crippen molar-refractivity contribution in [2.45, 2.75) is 39.2 Å². The van der Waals surface area contributed by atoms with Gasteiger partial charge in [0.25, 0.3) is 0 Å². The second-order valence-corrected chi connectivity index (χ2v) is 6.32. The highest BCUT2D eigenvalue weighted by Gasteiger charge is 2.27. The normalized spacial score (nSPS) is 24.4. The summed E-state index contributed by atoms with van der Waals surface area (Å²) >= 11 is 0. The first-order valence-electron chi connectivity index (χ1n) is 8.25. The van der Waals surface area contributed by atoms with Crippen LogP contribution < -0.4 is 14.8 Å². The van der Waals surface area contributed by atoms with Crippen LogP contribution in [0.5, 0.6) is 11.5 Å². The third kappa shape index (κ3) is 4.50. The van der Waals surface area contributed by atoms with Crippen LogP contribution in [0, 0.1) is 11.8 Å². The van der Waals surface area contributed by atoms with E-state index in [-0.39, 0.29) is 11.9 Å². The molecule has 0 unspecified atom stereocenters. The number of methoxy groups -OCH3 is 2. The van der Waals surface area contributed by atoms with Gasteiger partial charge in [0.2, 0.25) is 5.91 Å². The van der Waals surface area contributed by atoms with Crippen LogP contribution in [0.25, 0.3) is 6.08 Å². The topological polar surface area (TPSA) is 47.6 Å². The van der Waals surface area contributed by atoms with Crippen molar-refractivity contribution >= 4 is 12.0 Å². The first kappa shape index (κ1) is 17.4. The quantitative estimate of drug-likeness (QED) is 0.843. The molecule has 1 aromatic rings. The number of amides is 1. The zero-order valence-electron chi connectivity index (χ0n) is 14.5. The van der Waals surface area contributed by atoms with Crippen LogP contribution in [-0.4, -0.2) is 26.2 Å².